The maximum absolute atomic E-state index is 13.0. The van der Waals surface area contributed by atoms with Crippen LogP contribution in [0.15, 0.2) is 24.3 Å². The molecule has 0 radical (unpaired) electrons. The highest BCUT2D eigenvalue weighted by Gasteiger charge is 2.52. The van der Waals surface area contributed by atoms with Crippen molar-refractivity contribution in [3.8, 4) is 5.75 Å². The van der Waals surface area contributed by atoms with Gasteiger partial charge in [-0.1, -0.05) is 6.07 Å². The smallest absolute Gasteiger partial charge is 0.393 e. The number of carbonyl (C=O) groups is 1. The van der Waals surface area contributed by atoms with Crippen LogP contribution < -0.4 is 4.74 Å². The zero-order valence-electron chi connectivity index (χ0n) is 13.7. The van der Waals surface area contributed by atoms with Crippen molar-refractivity contribution < 1.29 is 22.7 Å². The van der Waals surface area contributed by atoms with Gasteiger partial charge in [-0.2, -0.15) is 13.2 Å². The van der Waals surface area contributed by atoms with Gasteiger partial charge in [0, 0.05) is 23.0 Å². The summed E-state index contributed by atoms with van der Waals surface area (Å²) in [5, 5.41) is 0.729. The normalized spacial score (nSPS) is 20.6. The van der Waals surface area contributed by atoms with Crippen molar-refractivity contribution in [1.82, 2.24) is 9.88 Å². The maximum Gasteiger partial charge on any atom is 0.393 e. The standard InChI is InChI=1S/C17H19F3N2O2/c1-16(2)8-10(17(18,19)20)9-22(16)15(23)13-7-11-12(21-13)5-4-6-14(11)24-3/h4-7,10,21H,8-9H2,1-3H3. The minimum absolute atomic E-state index is 0.0915. The number of alkyl halides is 3. The number of halogens is 3. The van der Waals surface area contributed by atoms with E-state index in [2.05, 4.69) is 4.98 Å². The van der Waals surface area contributed by atoms with E-state index in [9.17, 15) is 18.0 Å². The summed E-state index contributed by atoms with van der Waals surface area (Å²) >= 11 is 0. The number of ether oxygens (including phenoxy) is 1. The number of fused-ring (bicyclic) bond motifs is 1. The van der Waals surface area contributed by atoms with Crippen LogP contribution in [0.1, 0.15) is 30.8 Å². The Kier molecular flexibility index (Phi) is 3.77. The molecule has 1 unspecified atom stereocenters. The summed E-state index contributed by atoms with van der Waals surface area (Å²) in [6, 6.07) is 6.98. The lowest BCUT2D eigenvalue weighted by Gasteiger charge is -2.31. The molecule has 0 aliphatic carbocycles. The fourth-order valence-electron chi connectivity index (χ4n) is 3.39. The predicted molar refractivity (Wildman–Crippen MR) is 84.1 cm³/mol. The second kappa shape index (κ2) is 5.43. The number of amides is 1. The molecule has 0 spiro atoms. The molecule has 130 valence electrons. The van der Waals surface area contributed by atoms with Crippen LogP contribution >= 0.6 is 0 Å². The number of hydrogen-bond donors (Lipinski definition) is 1. The summed E-state index contributed by atoms with van der Waals surface area (Å²) in [6.45, 7) is 3.02. The van der Waals surface area contributed by atoms with E-state index in [1.54, 1.807) is 38.1 Å². The molecular weight excluding hydrogens is 321 g/mol. The van der Waals surface area contributed by atoms with Gasteiger partial charge in [-0.25, -0.2) is 0 Å². The first kappa shape index (κ1) is 16.7. The first-order chi connectivity index (χ1) is 11.1. The molecular formula is C17H19F3N2O2. The third-order valence-corrected chi connectivity index (χ3v) is 4.66. The second-order valence-electron chi connectivity index (χ2n) is 6.78. The molecule has 1 atom stereocenters. The maximum atomic E-state index is 13.0. The molecule has 0 saturated carbocycles. The molecule has 1 aromatic carbocycles. The summed E-state index contributed by atoms with van der Waals surface area (Å²) in [6.07, 6.45) is -4.39. The number of rotatable bonds is 2. The minimum atomic E-state index is -4.30. The molecule has 1 amide bonds. The van der Waals surface area contributed by atoms with Crippen molar-refractivity contribution in [2.75, 3.05) is 13.7 Å². The van der Waals surface area contributed by atoms with E-state index in [1.165, 1.54) is 12.0 Å². The Balaban J connectivity index is 1.94. The number of methoxy groups -OCH3 is 1. The average molecular weight is 340 g/mol. The van der Waals surface area contributed by atoms with Crippen molar-refractivity contribution >= 4 is 16.8 Å². The third-order valence-electron chi connectivity index (χ3n) is 4.66. The van der Waals surface area contributed by atoms with Gasteiger partial charge in [0.05, 0.1) is 13.0 Å². The first-order valence-corrected chi connectivity index (χ1v) is 7.68. The molecule has 1 saturated heterocycles. The quantitative estimate of drug-likeness (QED) is 0.899. The number of likely N-dealkylation sites (tertiary alicyclic amines) is 1. The summed E-state index contributed by atoms with van der Waals surface area (Å²) < 4.78 is 44.4. The van der Waals surface area contributed by atoms with Crippen LogP contribution in [0.5, 0.6) is 5.75 Å². The number of nitrogens with zero attached hydrogens (tertiary/aromatic N) is 1. The van der Waals surface area contributed by atoms with Gasteiger partial charge in [0.1, 0.15) is 11.4 Å². The van der Waals surface area contributed by atoms with Crippen LogP contribution in [0.4, 0.5) is 13.2 Å². The van der Waals surface area contributed by atoms with Gasteiger partial charge < -0.3 is 14.6 Å². The number of benzene rings is 1. The number of hydrogen-bond acceptors (Lipinski definition) is 2. The molecule has 1 fully saturated rings. The molecule has 2 heterocycles. The Hall–Kier alpha value is -2.18. The predicted octanol–water partition coefficient (Wildman–Crippen LogP) is 3.98. The zero-order valence-corrected chi connectivity index (χ0v) is 13.7. The number of carbonyl (C=O) groups excluding carboxylic acids is 1. The molecule has 0 bridgehead atoms. The van der Waals surface area contributed by atoms with E-state index < -0.39 is 23.5 Å². The van der Waals surface area contributed by atoms with E-state index in [0.717, 1.165) is 5.39 Å². The van der Waals surface area contributed by atoms with Crippen molar-refractivity contribution in [3.63, 3.8) is 0 Å². The number of aromatic nitrogens is 1. The lowest BCUT2D eigenvalue weighted by molar-refractivity contribution is -0.170. The highest BCUT2D eigenvalue weighted by Crippen LogP contribution is 2.42. The largest absolute Gasteiger partial charge is 0.496 e. The fourth-order valence-corrected chi connectivity index (χ4v) is 3.39. The van der Waals surface area contributed by atoms with Gasteiger partial charge in [0.25, 0.3) is 5.91 Å². The molecule has 24 heavy (non-hydrogen) atoms. The Labute approximate surface area is 137 Å². The summed E-state index contributed by atoms with van der Waals surface area (Å²) in [5.41, 5.74) is 0.131. The average Bonchev–Trinajstić information content (AvgIpc) is 3.06. The molecule has 1 aromatic heterocycles. The zero-order chi connectivity index (χ0) is 17.7. The molecule has 1 N–H and O–H groups in total. The van der Waals surface area contributed by atoms with Crippen LogP contribution in [-0.4, -0.2) is 41.2 Å². The van der Waals surface area contributed by atoms with E-state index in [-0.39, 0.29) is 18.7 Å². The van der Waals surface area contributed by atoms with Crippen LogP contribution in [0.25, 0.3) is 10.9 Å². The highest BCUT2D eigenvalue weighted by molar-refractivity contribution is 6.00. The molecule has 2 aromatic rings. The summed E-state index contributed by atoms with van der Waals surface area (Å²) in [4.78, 5) is 17.1. The van der Waals surface area contributed by atoms with Crippen LogP contribution in [0, 0.1) is 5.92 Å². The summed E-state index contributed by atoms with van der Waals surface area (Å²) in [5.74, 6) is -1.31. The Morgan fingerprint density at radius 1 is 1.38 bits per heavy atom. The van der Waals surface area contributed by atoms with E-state index in [0.29, 0.717) is 11.3 Å². The number of H-pyrrole nitrogens is 1. The fraction of sp³-hybridized carbons (Fsp3) is 0.471. The summed E-state index contributed by atoms with van der Waals surface area (Å²) in [7, 11) is 1.53. The van der Waals surface area contributed by atoms with Crippen LogP contribution in [0.2, 0.25) is 0 Å². The van der Waals surface area contributed by atoms with Gasteiger partial charge >= 0.3 is 6.18 Å². The lowest BCUT2D eigenvalue weighted by atomic mass is 9.96. The van der Waals surface area contributed by atoms with Crippen LogP contribution in [0.3, 0.4) is 0 Å². The van der Waals surface area contributed by atoms with E-state index in [4.69, 9.17) is 4.74 Å². The molecule has 1 aliphatic heterocycles. The SMILES string of the molecule is COc1cccc2[nH]c(C(=O)N3CC(C(F)(F)F)CC3(C)C)cc12. The lowest BCUT2D eigenvalue weighted by Crippen LogP contribution is -2.42. The molecule has 4 nitrogen and oxygen atoms in total. The van der Waals surface area contributed by atoms with Crippen molar-refractivity contribution in [2.24, 2.45) is 5.92 Å². The van der Waals surface area contributed by atoms with Crippen molar-refractivity contribution in [1.29, 1.82) is 0 Å². The first-order valence-electron chi connectivity index (χ1n) is 7.68. The van der Waals surface area contributed by atoms with Gasteiger partial charge in [0.2, 0.25) is 0 Å². The molecule has 7 heteroatoms. The molecule has 1 aliphatic rings. The second-order valence-corrected chi connectivity index (χ2v) is 6.78. The van der Waals surface area contributed by atoms with Gasteiger partial charge in [-0.05, 0) is 38.5 Å². The van der Waals surface area contributed by atoms with Gasteiger partial charge in [-0.3, -0.25) is 4.79 Å². The number of aromatic amines is 1. The monoisotopic (exact) mass is 340 g/mol. The highest BCUT2D eigenvalue weighted by atomic mass is 19.4. The van der Waals surface area contributed by atoms with Gasteiger partial charge in [-0.15, -0.1) is 0 Å². The molecule has 3 rings (SSSR count). The van der Waals surface area contributed by atoms with Crippen molar-refractivity contribution in [2.45, 2.75) is 32.0 Å². The van der Waals surface area contributed by atoms with E-state index >= 15 is 0 Å². The van der Waals surface area contributed by atoms with E-state index in [1.807, 2.05) is 0 Å². The topological polar surface area (TPSA) is 45.3 Å². The van der Waals surface area contributed by atoms with Crippen molar-refractivity contribution in [3.05, 3.63) is 30.0 Å². The van der Waals surface area contributed by atoms with Crippen LogP contribution in [-0.2, 0) is 0 Å². The Morgan fingerprint density at radius 2 is 2.08 bits per heavy atom. The number of nitrogens with one attached hydrogen (secondary N) is 1. The minimum Gasteiger partial charge on any atom is -0.496 e. The Bertz CT molecular complexity index is 780. The third kappa shape index (κ3) is 2.72. The Morgan fingerprint density at radius 3 is 2.67 bits per heavy atom. The van der Waals surface area contributed by atoms with Gasteiger partial charge in [0.15, 0.2) is 0 Å².